The first kappa shape index (κ1) is 21.1. The standard InChI is InChI=1S/C25H27N3O2/c1-19-8-5-6-12-23(19)18-28(24(29)14-15-27-25(26)30)17-20-9-7-13-22(16-20)21-10-3-2-4-11-21/h2-13,16H,14-15,17-18H2,1H3,(H3,26,27,30). The molecule has 30 heavy (non-hydrogen) atoms. The first-order chi connectivity index (χ1) is 14.5. The Labute approximate surface area is 177 Å². The average Bonchev–Trinajstić information content (AvgIpc) is 2.75. The van der Waals surface area contributed by atoms with Crippen LogP contribution >= 0.6 is 0 Å². The third-order valence-corrected chi connectivity index (χ3v) is 5.02. The number of nitrogens with one attached hydrogen (secondary N) is 1. The fourth-order valence-corrected chi connectivity index (χ4v) is 3.38. The van der Waals surface area contributed by atoms with Gasteiger partial charge in [-0.05, 0) is 40.8 Å². The summed E-state index contributed by atoms with van der Waals surface area (Å²) in [5.41, 5.74) is 10.7. The number of amides is 3. The predicted octanol–water partition coefficient (Wildman–Crippen LogP) is 4.25. The second-order valence-electron chi connectivity index (χ2n) is 7.28. The van der Waals surface area contributed by atoms with E-state index in [-0.39, 0.29) is 18.9 Å². The topological polar surface area (TPSA) is 75.4 Å². The molecule has 0 aliphatic heterocycles. The van der Waals surface area contributed by atoms with Crippen molar-refractivity contribution in [3.8, 4) is 11.1 Å². The van der Waals surface area contributed by atoms with Gasteiger partial charge in [-0.1, -0.05) is 72.8 Å². The molecule has 5 heteroatoms. The second kappa shape index (κ2) is 10.3. The number of carbonyl (C=O) groups is 2. The van der Waals surface area contributed by atoms with Gasteiger partial charge in [0.1, 0.15) is 0 Å². The van der Waals surface area contributed by atoms with Crippen molar-refractivity contribution in [2.45, 2.75) is 26.4 Å². The molecule has 0 bridgehead atoms. The molecule has 3 aromatic carbocycles. The van der Waals surface area contributed by atoms with Gasteiger partial charge in [-0.3, -0.25) is 4.79 Å². The minimum absolute atomic E-state index is 0.0304. The maximum Gasteiger partial charge on any atom is 0.312 e. The SMILES string of the molecule is Cc1ccccc1CN(Cc1cccc(-c2ccccc2)c1)C(=O)CCNC(N)=O. The molecule has 3 N–H and O–H groups in total. The molecule has 3 aromatic rings. The molecule has 0 spiro atoms. The molecule has 0 aromatic heterocycles. The largest absolute Gasteiger partial charge is 0.352 e. The number of primary amides is 1. The van der Waals surface area contributed by atoms with Gasteiger partial charge in [0.05, 0.1) is 0 Å². The number of benzene rings is 3. The van der Waals surface area contributed by atoms with Crippen LogP contribution in [0, 0.1) is 6.92 Å². The zero-order chi connectivity index (χ0) is 21.3. The van der Waals surface area contributed by atoms with E-state index < -0.39 is 6.03 Å². The Morgan fingerprint density at radius 3 is 2.30 bits per heavy atom. The first-order valence-corrected chi connectivity index (χ1v) is 10.0. The maximum absolute atomic E-state index is 12.9. The number of nitrogens with two attached hydrogens (primary N) is 1. The molecule has 0 saturated carbocycles. The fourth-order valence-electron chi connectivity index (χ4n) is 3.38. The highest BCUT2D eigenvalue weighted by atomic mass is 16.2. The molecule has 0 aliphatic rings. The van der Waals surface area contributed by atoms with E-state index in [0.29, 0.717) is 13.1 Å². The molecule has 0 heterocycles. The molecule has 3 amide bonds. The van der Waals surface area contributed by atoms with Gasteiger partial charge >= 0.3 is 6.03 Å². The molecule has 0 fully saturated rings. The van der Waals surface area contributed by atoms with Crippen LogP contribution in [0.2, 0.25) is 0 Å². The second-order valence-corrected chi connectivity index (χ2v) is 7.28. The molecule has 0 aliphatic carbocycles. The summed E-state index contributed by atoms with van der Waals surface area (Å²) in [6, 6.07) is 25.9. The van der Waals surface area contributed by atoms with E-state index in [9.17, 15) is 9.59 Å². The Kier molecular flexibility index (Phi) is 7.22. The molecule has 5 nitrogen and oxygen atoms in total. The zero-order valence-electron chi connectivity index (χ0n) is 17.2. The molecule has 154 valence electrons. The minimum Gasteiger partial charge on any atom is -0.352 e. The van der Waals surface area contributed by atoms with Crippen molar-refractivity contribution in [1.82, 2.24) is 10.2 Å². The Morgan fingerprint density at radius 1 is 0.867 bits per heavy atom. The molecular formula is C25H27N3O2. The van der Waals surface area contributed by atoms with Gasteiger partial charge in [0.15, 0.2) is 0 Å². The van der Waals surface area contributed by atoms with Crippen LogP contribution in [0.3, 0.4) is 0 Å². The fraction of sp³-hybridized carbons (Fsp3) is 0.200. The Balaban J connectivity index is 1.80. The number of rotatable bonds is 8. The highest BCUT2D eigenvalue weighted by Gasteiger charge is 2.16. The first-order valence-electron chi connectivity index (χ1n) is 10.0. The van der Waals surface area contributed by atoms with Crippen LogP contribution in [-0.2, 0) is 17.9 Å². The maximum atomic E-state index is 12.9. The highest BCUT2D eigenvalue weighted by Crippen LogP contribution is 2.22. The van der Waals surface area contributed by atoms with Crippen molar-refractivity contribution in [3.63, 3.8) is 0 Å². The Hall–Kier alpha value is -3.60. The van der Waals surface area contributed by atoms with Crippen molar-refractivity contribution in [2.24, 2.45) is 5.73 Å². The van der Waals surface area contributed by atoms with Crippen molar-refractivity contribution >= 4 is 11.9 Å². The van der Waals surface area contributed by atoms with Crippen LogP contribution in [-0.4, -0.2) is 23.4 Å². The predicted molar refractivity (Wildman–Crippen MR) is 120 cm³/mol. The molecule has 0 radical (unpaired) electrons. The number of nitrogens with zero attached hydrogens (tertiary/aromatic N) is 1. The summed E-state index contributed by atoms with van der Waals surface area (Å²) in [6.45, 7) is 3.27. The number of urea groups is 1. The molecule has 0 unspecified atom stereocenters. The molecule has 3 rings (SSSR count). The number of hydrogen-bond acceptors (Lipinski definition) is 2. The summed E-state index contributed by atoms with van der Waals surface area (Å²) in [6.07, 6.45) is 0.202. The van der Waals surface area contributed by atoms with Crippen molar-refractivity contribution in [2.75, 3.05) is 6.54 Å². The average molecular weight is 402 g/mol. The van der Waals surface area contributed by atoms with Gasteiger partial charge in [0.2, 0.25) is 5.91 Å². The zero-order valence-corrected chi connectivity index (χ0v) is 17.2. The normalized spacial score (nSPS) is 10.4. The molecule has 0 atom stereocenters. The summed E-state index contributed by atoms with van der Waals surface area (Å²) in [4.78, 5) is 25.7. The van der Waals surface area contributed by atoms with Crippen molar-refractivity contribution < 1.29 is 9.59 Å². The van der Waals surface area contributed by atoms with E-state index in [2.05, 4.69) is 29.6 Å². The highest BCUT2D eigenvalue weighted by molar-refractivity contribution is 5.78. The summed E-state index contributed by atoms with van der Waals surface area (Å²) < 4.78 is 0. The molecule has 0 saturated heterocycles. The van der Waals surface area contributed by atoms with E-state index in [1.165, 1.54) is 0 Å². The van der Waals surface area contributed by atoms with E-state index in [4.69, 9.17) is 5.73 Å². The smallest absolute Gasteiger partial charge is 0.312 e. The van der Waals surface area contributed by atoms with E-state index in [0.717, 1.165) is 27.8 Å². The van der Waals surface area contributed by atoms with Crippen LogP contribution in [0.25, 0.3) is 11.1 Å². The number of hydrogen-bond donors (Lipinski definition) is 2. The number of carbonyl (C=O) groups excluding carboxylic acids is 2. The van der Waals surface area contributed by atoms with Crippen LogP contribution in [0.15, 0.2) is 78.9 Å². The lowest BCUT2D eigenvalue weighted by Crippen LogP contribution is -2.35. The van der Waals surface area contributed by atoms with E-state index >= 15 is 0 Å². The van der Waals surface area contributed by atoms with Gasteiger partial charge in [-0.25, -0.2) is 4.79 Å². The molecular weight excluding hydrogens is 374 g/mol. The van der Waals surface area contributed by atoms with Crippen LogP contribution in [0.4, 0.5) is 4.79 Å². The van der Waals surface area contributed by atoms with Crippen LogP contribution < -0.4 is 11.1 Å². The van der Waals surface area contributed by atoms with E-state index in [1.807, 2.05) is 66.4 Å². The van der Waals surface area contributed by atoms with Gasteiger partial charge in [0.25, 0.3) is 0 Å². The lowest BCUT2D eigenvalue weighted by Gasteiger charge is -2.24. The lowest BCUT2D eigenvalue weighted by molar-refractivity contribution is -0.132. The van der Waals surface area contributed by atoms with Gasteiger partial charge in [-0.2, -0.15) is 0 Å². The lowest BCUT2D eigenvalue weighted by atomic mass is 10.0. The van der Waals surface area contributed by atoms with Crippen LogP contribution in [0.1, 0.15) is 23.1 Å². The monoisotopic (exact) mass is 401 g/mol. The number of aryl methyl sites for hydroxylation is 1. The Morgan fingerprint density at radius 2 is 1.57 bits per heavy atom. The third kappa shape index (κ3) is 5.95. The van der Waals surface area contributed by atoms with Crippen molar-refractivity contribution in [1.29, 1.82) is 0 Å². The Bertz CT molecular complexity index is 1000. The van der Waals surface area contributed by atoms with E-state index in [1.54, 1.807) is 0 Å². The van der Waals surface area contributed by atoms with Crippen molar-refractivity contribution in [3.05, 3.63) is 95.6 Å². The van der Waals surface area contributed by atoms with Crippen LogP contribution in [0.5, 0.6) is 0 Å². The summed E-state index contributed by atoms with van der Waals surface area (Å²) >= 11 is 0. The van der Waals surface area contributed by atoms with Gasteiger partial charge < -0.3 is 16.0 Å². The quantitative estimate of drug-likeness (QED) is 0.592. The minimum atomic E-state index is -0.621. The van der Waals surface area contributed by atoms with Gasteiger partial charge in [-0.15, -0.1) is 0 Å². The van der Waals surface area contributed by atoms with Gasteiger partial charge in [0, 0.05) is 26.1 Å². The summed E-state index contributed by atoms with van der Waals surface area (Å²) in [7, 11) is 0. The third-order valence-electron chi connectivity index (χ3n) is 5.02. The summed E-state index contributed by atoms with van der Waals surface area (Å²) in [5.74, 6) is -0.0304. The summed E-state index contributed by atoms with van der Waals surface area (Å²) in [5, 5.41) is 2.49.